The van der Waals surface area contributed by atoms with E-state index in [0.717, 1.165) is 31.4 Å². The van der Waals surface area contributed by atoms with Crippen LogP contribution in [0.15, 0.2) is 30.5 Å². The zero-order valence-corrected chi connectivity index (χ0v) is 25.4. The van der Waals surface area contributed by atoms with Crippen LogP contribution in [0.1, 0.15) is 64.0 Å². The molecule has 1 aliphatic heterocycles. The van der Waals surface area contributed by atoms with E-state index in [-0.39, 0.29) is 52.2 Å². The summed E-state index contributed by atoms with van der Waals surface area (Å²) in [6, 6.07) is 6.10. The van der Waals surface area contributed by atoms with Crippen LogP contribution in [-0.4, -0.2) is 73.1 Å². The molecule has 0 bridgehead atoms. The minimum atomic E-state index is -3.08. The molecular formula is C30H41ClF2N4O5. The van der Waals surface area contributed by atoms with Gasteiger partial charge < -0.3 is 24.4 Å². The maximum Gasteiger partial charge on any atom is 0.387 e. The van der Waals surface area contributed by atoms with Crippen LogP contribution in [-0.2, 0) is 24.6 Å². The van der Waals surface area contributed by atoms with Crippen molar-refractivity contribution in [3.05, 3.63) is 41.2 Å². The third-order valence-corrected chi connectivity index (χ3v) is 9.00. The van der Waals surface area contributed by atoms with Gasteiger partial charge in [0, 0.05) is 49.7 Å². The molecule has 2 aromatic rings. The van der Waals surface area contributed by atoms with Crippen LogP contribution in [0.5, 0.6) is 5.75 Å². The molecule has 1 unspecified atom stereocenters. The van der Waals surface area contributed by atoms with Gasteiger partial charge in [0.25, 0.3) is 5.91 Å². The van der Waals surface area contributed by atoms with Crippen LogP contribution in [0.3, 0.4) is 0 Å². The van der Waals surface area contributed by atoms with Gasteiger partial charge in [0.15, 0.2) is 5.75 Å². The first kappa shape index (κ1) is 32.2. The monoisotopic (exact) mass is 610 g/mol. The maximum absolute atomic E-state index is 14.1. The molecule has 12 heteroatoms. The van der Waals surface area contributed by atoms with E-state index in [9.17, 15) is 18.4 Å². The minimum absolute atomic E-state index is 0.0920. The molecule has 1 saturated heterocycles. The number of piperidine rings is 1. The highest BCUT2D eigenvalue weighted by molar-refractivity contribution is 6.30. The number of nitrogens with one attached hydrogen (secondary N) is 1. The fourth-order valence-electron chi connectivity index (χ4n) is 6.35. The number of nitrogens with zero attached hydrogens (tertiary/aromatic N) is 3. The summed E-state index contributed by atoms with van der Waals surface area (Å²) in [4.78, 5) is 29.2. The zero-order valence-electron chi connectivity index (χ0n) is 24.7. The topological polar surface area (TPSA) is 94.9 Å². The summed E-state index contributed by atoms with van der Waals surface area (Å²) >= 11 is 6.01. The Morgan fingerprint density at radius 3 is 2.40 bits per heavy atom. The van der Waals surface area contributed by atoms with E-state index >= 15 is 0 Å². The SMILES string of the molecule is COC(=O)C(CN1CCC(C(=O)Nc2ccc(Cl)cc2OC(F)F)(n2nccc2C(C)C)CC1)C1CCC(OC)CC1. The minimum Gasteiger partial charge on any atom is -0.469 e. The van der Waals surface area contributed by atoms with Gasteiger partial charge in [-0.2, -0.15) is 13.9 Å². The average molecular weight is 611 g/mol. The molecule has 0 spiro atoms. The number of hydrogen-bond acceptors (Lipinski definition) is 7. The molecule has 1 aliphatic carbocycles. The van der Waals surface area contributed by atoms with E-state index in [2.05, 4.69) is 20.1 Å². The molecule has 232 valence electrons. The summed E-state index contributed by atoms with van der Waals surface area (Å²) in [5.41, 5.74) is -0.0956. The molecule has 9 nitrogen and oxygen atoms in total. The smallest absolute Gasteiger partial charge is 0.387 e. The van der Waals surface area contributed by atoms with Crippen LogP contribution in [0.4, 0.5) is 14.5 Å². The summed E-state index contributed by atoms with van der Waals surface area (Å²) in [7, 11) is 3.15. The number of methoxy groups -OCH3 is 2. The number of alkyl halides is 2. The highest BCUT2D eigenvalue weighted by Gasteiger charge is 2.46. The fraction of sp³-hybridized carbons (Fsp3) is 0.633. The Kier molecular flexibility index (Phi) is 10.8. The number of anilines is 1. The van der Waals surface area contributed by atoms with E-state index in [4.69, 9.17) is 21.1 Å². The molecule has 1 aromatic heterocycles. The Morgan fingerprint density at radius 1 is 1.12 bits per heavy atom. The fourth-order valence-corrected chi connectivity index (χ4v) is 6.51. The zero-order chi connectivity index (χ0) is 30.4. The predicted octanol–water partition coefficient (Wildman–Crippen LogP) is 5.69. The quantitative estimate of drug-likeness (QED) is 0.327. The van der Waals surface area contributed by atoms with Crippen molar-refractivity contribution in [3.8, 4) is 5.75 Å². The molecular weight excluding hydrogens is 570 g/mol. The van der Waals surface area contributed by atoms with Gasteiger partial charge in [-0.05, 0) is 68.6 Å². The normalized spacial score (nSPS) is 21.7. The van der Waals surface area contributed by atoms with E-state index in [1.165, 1.54) is 25.3 Å². The molecule has 2 fully saturated rings. The van der Waals surface area contributed by atoms with Gasteiger partial charge in [-0.15, -0.1) is 0 Å². The number of rotatable bonds is 11. The van der Waals surface area contributed by atoms with Crippen molar-refractivity contribution in [2.75, 3.05) is 39.2 Å². The number of aromatic nitrogens is 2. The average Bonchev–Trinajstić information content (AvgIpc) is 3.48. The number of hydrogen-bond donors (Lipinski definition) is 1. The molecule has 2 aliphatic rings. The highest BCUT2D eigenvalue weighted by Crippen LogP contribution is 2.38. The van der Waals surface area contributed by atoms with Crippen LogP contribution in [0.25, 0.3) is 0 Å². The van der Waals surface area contributed by atoms with Crippen LogP contribution in [0, 0.1) is 11.8 Å². The number of amides is 1. The van der Waals surface area contributed by atoms with Gasteiger partial charge in [-0.3, -0.25) is 14.3 Å². The first-order chi connectivity index (χ1) is 20.1. The highest BCUT2D eigenvalue weighted by atomic mass is 35.5. The number of esters is 1. The van der Waals surface area contributed by atoms with Crippen LogP contribution in [0.2, 0.25) is 5.02 Å². The van der Waals surface area contributed by atoms with E-state index in [1.54, 1.807) is 18.0 Å². The van der Waals surface area contributed by atoms with Gasteiger partial charge >= 0.3 is 12.6 Å². The third kappa shape index (κ3) is 7.23. The van der Waals surface area contributed by atoms with Gasteiger partial charge in [-0.1, -0.05) is 25.4 Å². The summed E-state index contributed by atoms with van der Waals surface area (Å²) in [6.45, 7) is 2.58. The molecule has 1 amide bonds. The van der Waals surface area contributed by atoms with Crippen molar-refractivity contribution in [1.29, 1.82) is 0 Å². The molecule has 2 heterocycles. The Balaban J connectivity index is 1.56. The number of halogens is 3. The summed E-state index contributed by atoms with van der Waals surface area (Å²) in [5.74, 6) is -0.782. The second-order valence-corrected chi connectivity index (χ2v) is 12.0. The first-order valence-corrected chi connectivity index (χ1v) is 14.9. The number of likely N-dealkylation sites (tertiary alicyclic amines) is 1. The van der Waals surface area contributed by atoms with Crippen molar-refractivity contribution >= 4 is 29.2 Å². The second-order valence-electron chi connectivity index (χ2n) is 11.5. The standard InChI is InChI=1S/C30H41ClF2N4O5/c1-19(2)25-11-14-34-37(25)30(28(39)35-24-10-7-21(31)17-26(24)42-29(32)33)12-15-36(16-13-30)18-23(27(38)41-4)20-5-8-22(40-3)9-6-20/h7,10-11,14,17,19-20,22-23,29H,5-6,8-9,12-13,15-16,18H2,1-4H3,(H,35,39). The van der Waals surface area contributed by atoms with Gasteiger partial charge in [0.1, 0.15) is 5.54 Å². The number of ether oxygens (including phenoxy) is 3. The van der Waals surface area contributed by atoms with Crippen molar-refractivity contribution in [2.24, 2.45) is 11.8 Å². The molecule has 1 saturated carbocycles. The summed E-state index contributed by atoms with van der Waals surface area (Å²) in [5, 5.41) is 7.61. The van der Waals surface area contributed by atoms with E-state index in [0.29, 0.717) is 32.5 Å². The molecule has 1 aromatic carbocycles. The number of carbonyl (C=O) groups excluding carboxylic acids is 2. The Labute approximate surface area is 250 Å². The molecule has 42 heavy (non-hydrogen) atoms. The lowest BCUT2D eigenvalue weighted by Gasteiger charge is -2.43. The number of carbonyl (C=O) groups is 2. The largest absolute Gasteiger partial charge is 0.469 e. The van der Waals surface area contributed by atoms with Crippen molar-refractivity contribution in [1.82, 2.24) is 14.7 Å². The van der Waals surface area contributed by atoms with Crippen molar-refractivity contribution in [3.63, 3.8) is 0 Å². The molecule has 0 radical (unpaired) electrons. The molecule has 1 atom stereocenters. The Bertz CT molecular complexity index is 1210. The molecule has 4 rings (SSSR count). The molecule has 1 N–H and O–H groups in total. The van der Waals surface area contributed by atoms with Crippen molar-refractivity contribution in [2.45, 2.75) is 76.5 Å². The van der Waals surface area contributed by atoms with E-state index < -0.39 is 12.2 Å². The predicted molar refractivity (Wildman–Crippen MR) is 155 cm³/mol. The lowest BCUT2D eigenvalue weighted by atomic mass is 9.78. The van der Waals surface area contributed by atoms with Gasteiger partial charge in [0.2, 0.25) is 0 Å². The summed E-state index contributed by atoms with van der Waals surface area (Å²) in [6.07, 6.45) is 6.33. The summed E-state index contributed by atoms with van der Waals surface area (Å²) < 4.78 is 43.4. The number of benzene rings is 1. The van der Waals surface area contributed by atoms with Gasteiger partial charge in [0.05, 0.1) is 24.8 Å². The lowest BCUT2D eigenvalue weighted by Crippen LogP contribution is -2.55. The van der Waals surface area contributed by atoms with E-state index in [1.807, 2.05) is 19.9 Å². The Hall–Kier alpha value is -2.76. The van der Waals surface area contributed by atoms with Gasteiger partial charge in [-0.25, -0.2) is 0 Å². The second kappa shape index (κ2) is 14.1. The van der Waals surface area contributed by atoms with Crippen LogP contribution >= 0.6 is 11.6 Å². The third-order valence-electron chi connectivity index (χ3n) is 8.76. The lowest BCUT2D eigenvalue weighted by molar-refractivity contribution is -0.149. The Morgan fingerprint density at radius 2 is 1.81 bits per heavy atom. The van der Waals surface area contributed by atoms with Crippen molar-refractivity contribution < 1.29 is 32.6 Å². The maximum atomic E-state index is 14.1. The first-order valence-electron chi connectivity index (χ1n) is 14.5. The van der Waals surface area contributed by atoms with Crippen LogP contribution < -0.4 is 10.1 Å².